The van der Waals surface area contributed by atoms with Crippen molar-refractivity contribution in [3.63, 3.8) is 0 Å². The molecule has 0 aliphatic heterocycles. The molecule has 0 saturated heterocycles. The quantitative estimate of drug-likeness (QED) is 0.759. The second-order valence-corrected chi connectivity index (χ2v) is 3.99. The van der Waals surface area contributed by atoms with Gasteiger partial charge in [-0.25, -0.2) is 4.98 Å². The SMILES string of the molecule is CC(CC1CC1)Nc1ncc[nH]c1=O. The highest BCUT2D eigenvalue weighted by atomic mass is 16.1. The second kappa shape index (κ2) is 3.82. The summed E-state index contributed by atoms with van der Waals surface area (Å²) < 4.78 is 0. The molecule has 1 aromatic rings. The molecule has 2 N–H and O–H groups in total. The van der Waals surface area contributed by atoms with Gasteiger partial charge in [-0.15, -0.1) is 0 Å². The molecular weight excluding hydrogens is 178 g/mol. The molecule has 1 saturated carbocycles. The summed E-state index contributed by atoms with van der Waals surface area (Å²) in [4.78, 5) is 17.9. The molecule has 1 aliphatic rings. The lowest BCUT2D eigenvalue weighted by Gasteiger charge is -2.12. The lowest BCUT2D eigenvalue weighted by molar-refractivity contribution is 0.639. The van der Waals surface area contributed by atoms with E-state index in [1.165, 1.54) is 12.8 Å². The molecular formula is C10H15N3O. The molecule has 4 nitrogen and oxygen atoms in total. The van der Waals surface area contributed by atoms with Gasteiger partial charge in [0.25, 0.3) is 5.56 Å². The maximum absolute atomic E-state index is 11.3. The van der Waals surface area contributed by atoms with E-state index in [2.05, 4.69) is 22.2 Å². The normalized spacial score (nSPS) is 17.8. The van der Waals surface area contributed by atoms with Gasteiger partial charge in [-0.1, -0.05) is 12.8 Å². The van der Waals surface area contributed by atoms with Crippen molar-refractivity contribution in [3.8, 4) is 0 Å². The van der Waals surface area contributed by atoms with Crippen LogP contribution in [-0.2, 0) is 0 Å². The van der Waals surface area contributed by atoms with E-state index in [0.717, 1.165) is 12.3 Å². The van der Waals surface area contributed by atoms with E-state index in [0.29, 0.717) is 11.9 Å². The molecule has 0 radical (unpaired) electrons. The van der Waals surface area contributed by atoms with Crippen LogP contribution >= 0.6 is 0 Å². The van der Waals surface area contributed by atoms with Gasteiger partial charge in [-0.2, -0.15) is 0 Å². The summed E-state index contributed by atoms with van der Waals surface area (Å²) in [5, 5.41) is 3.13. The fourth-order valence-corrected chi connectivity index (χ4v) is 1.60. The first-order chi connectivity index (χ1) is 6.75. The average Bonchev–Trinajstić information content (AvgIpc) is 2.93. The third-order valence-corrected chi connectivity index (χ3v) is 2.47. The Morgan fingerprint density at radius 3 is 3.14 bits per heavy atom. The van der Waals surface area contributed by atoms with Crippen molar-refractivity contribution in [2.75, 3.05) is 5.32 Å². The zero-order valence-corrected chi connectivity index (χ0v) is 8.29. The first kappa shape index (κ1) is 9.24. The summed E-state index contributed by atoms with van der Waals surface area (Å²) >= 11 is 0. The minimum Gasteiger partial charge on any atom is -0.363 e. The molecule has 2 rings (SSSR count). The summed E-state index contributed by atoms with van der Waals surface area (Å²) in [5.41, 5.74) is -0.143. The third-order valence-electron chi connectivity index (χ3n) is 2.47. The standard InChI is InChI=1S/C10H15N3O/c1-7(6-8-2-3-8)13-9-10(14)12-5-4-11-9/h4-5,7-8H,2-3,6H2,1H3,(H,11,13)(H,12,14). The maximum atomic E-state index is 11.3. The summed E-state index contributed by atoms with van der Waals surface area (Å²) in [5.74, 6) is 1.29. The van der Waals surface area contributed by atoms with Gasteiger partial charge in [0.05, 0.1) is 0 Å². The lowest BCUT2D eigenvalue weighted by atomic mass is 10.1. The van der Waals surface area contributed by atoms with Gasteiger partial charge in [-0.3, -0.25) is 4.79 Å². The Kier molecular flexibility index (Phi) is 2.52. The van der Waals surface area contributed by atoms with Crippen molar-refractivity contribution in [1.29, 1.82) is 0 Å². The van der Waals surface area contributed by atoms with Gasteiger partial charge >= 0.3 is 0 Å². The zero-order valence-electron chi connectivity index (χ0n) is 8.29. The second-order valence-electron chi connectivity index (χ2n) is 3.99. The minimum absolute atomic E-state index is 0.143. The van der Waals surface area contributed by atoms with Crippen LogP contribution in [0, 0.1) is 5.92 Å². The highest BCUT2D eigenvalue weighted by Gasteiger charge is 2.23. The van der Waals surface area contributed by atoms with Crippen molar-refractivity contribution in [2.24, 2.45) is 5.92 Å². The van der Waals surface area contributed by atoms with Crippen molar-refractivity contribution in [2.45, 2.75) is 32.2 Å². The zero-order chi connectivity index (χ0) is 9.97. The Hall–Kier alpha value is -1.32. The number of aromatic nitrogens is 2. The van der Waals surface area contributed by atoms with Gasteiger partial charge in [0.15, 0.2) is 5.82 Å². The van der Waals surface area contributed by atoms with Crippen LogP contribution in [0.15, 0.2) is 17.2 Å². The maximum Gasteiger partial charge on any atom is 0.290 e. The van der Waals surface area contributed by atoms with Crippen LogP contribution in [0.2, 0.25) is 0 Å². The van der Waals surface area contributed by atoms with Crippen LogP contribution in [0.5, 0.6) is 0 Å². The van der Waals surface area contributed by atoms with E-state index in [9.17, 15) is 4.79 Å². The van der Waals surface area contributed by atoms with E-state index >= 15 is 0 Å². The minimum atomic E-state index is -0.143. The molecule has 0 bridgehead atoms. The highest BCUT2D eigenvalue weighted by Crippen LogP contribution is 2.33. The number of rotatable bonds is 4. The van der Waals surface area contributed by atoms with E-state index in [-0.39, 0.29) is 5.56 Å². The molecule has 1 atom stereocenters. The number of anilines is 1. The van der Waals surface area contributed by atoms with Crippen LogP contribution in [0.4, 0.5) is 5.82 Å². The molecule has 1 aliphatic carbocycles. The van der Waals surface area contributed by atoms with Crippen LogP contribution < -0.4 is 10.9 Å². The van der Waals surface area contributed by atoms with Crippen molar-refractivity contribution in [1.82, 2.24) is 9.97 Å². The number of H-pyrrole nitrogens is 1. The first-order valence-electron chi connectivity index (χ1n) is 5.06. The van der Waals surface area contributed by atoms with Gasteiger partial charge in [-0.05, 0) is 19.3 Å². The van der Waals surface area contributed by atoms with Gasteiger partial charge in [0.1, 0.15) is 0 Å². The molecule has 76 valence electrons. The summed E-state index contributed by atoms with van der Waals surface area (Å²) in [6.45, 7) is 2.09. The van der Waals surface area contributed by atoms with E-state index in [1.807, 2.05) is 0 Å². The van der Waals surface area contributed by atoms with E-state index in [1.54, 1.807) is 12.4 Å². The average molecular weight is 193 g/mol. The summed E-state index contributed by atoms with van der Waals surface area (Å²) in [7, 11) is 0. The molecule has 0 aromatic carbocycles. The molecule has 4 heteroatoms. The van der Waals surface area contributed by atoms with Crippen LogP contribution in [0.25, 0.3) is 0 Å². The summed E-state index contributed by atoms with van der Waals surface area (Å²) in [6, 6.07) is 0.332. The molecule has 0 spiro atoms. The smallest absolute Gasteiger partial charge is 0.290 e. The Morgan fingerprint density at radius 2 is 2.50 bits per heavy atom. The molecule has 0 amide bonds. The predicted molar refractivity (Wildman–Crippen MR) is 55.3 cm³/mol. The molecule has 1 unspecified atom stereocenters. The third kappa shape index (κ3) is 2.34. The van der Waals surface area contributed by atoms with Gasteiger partial charge < -0.3 is 10.3 Å². The van der Waals surface area contributed by atoms with Gasteiger partial charge in [0.2, 0.25) is 0 Å². The monoisotopic (exact) mass is 193 g/mol. The number of hydrogen-bond acceptors (Lipinski definition) is 3. The van der Waals surface area contributed by atoms with Crippen LogP contribution in [-0.4, -0.2) is 16.0 Å². The topological polar surface area (TPSA) is 57.8 Å². The van der Waals surface area contributed by atoms with Crippen molar-refractivity contribution < 1.29 is 0 Å². The van der Waals surface area contributed by atoms with Gasteiger partial charge in [0, 0.05) is 18.4 Å². The number of hydrogen-bond donors (Lipinski definition) is 2. The Morgan fingerprint density at radius 1 is 1.71 bits per heavy atom. The highest BCUT2D eigenvalue weighted by molar-refractivity contribution is 5.31. The van der Waals surface area contributed by atoms with E-state index in [4.69, 9.17) is 0 Å². The largest absolute Gasteiger partial charge is 0.363 e. The number of aromatic amines is 1. The van der Waals surface area contributed by atoms with Crippen LogP contribution in [0.3, 0.4) is 0 Å². The summed E-state index contributed by atoms with van der Waals surface area (Å²) in [6.07, 6.45) is 6.94. The van der Waals surface area contributed by atoms with E-state index < -0.39 is 0 Å². The number of nitrogens with zero attached hydrogens (tertiary/aromatic N) is 1. The molecule has 1 fully saturated rings. The number of nitrogens with one attached hydrogen (secondary N) is 2. The van der Waals surface area contributed by atoms with Crippen molar-refractivity contribution in [3.05, 3.63) is 22.7 Å². The fourth-order valence-electron chi connectivity index (χ4n) is 1.60. The fraction of sp³-hybridized carbons (Fsp3) is 0.600. The Labute approximate surface area is 82.8 Å². The predicted octanol–water partition coefficient (Wildman–Crippen LogP) is 1.37. The Bertz CT molecular complexity index is 356. The molecule has 14 heavy (non-hydrogen) atoms. The molecule has 1 heterocycles. The van der Waals surface area contributed by atoms with Crippen LogP contribution in [0.1, 0.15) is 26.2 Å². The first-order valence-corrected chi connectivity index (χ1v) is 5.06. The molecule has 1 aromatic heterocycles. The Balaban J connectivity index is 1.95. The van der Waals surface area contributed by atoms with Crippen molar-refractivity contribution >= 4 is 5.82 Å². The lowest BCUT2D eigenvalue weighted by Crippen LogP contribution is -2.23.